The van der Waals surface area contributed by atoms with Crippen LogP contribution in [0.3, 0.4) is 0 Å². The van der Waals surface area contributed by atoms with Crippen LogP contribution in [0.2, 0.25) is 0 Å². The number of alkyl halides is 3. The standard InChI is InChI=1S/C24H27F3N4O3S/c1-28-23-12-17-6-7-19(34-9-8-30-35(32,33)20-14-29-31(2)15-20)13-21(17)22(23)11-16-4-3-5-18(10-16)24(25,26)27/h3-7,10,13-15,22-23,28,30H,8-9,11-12H2,1-2H3. The molecule has 0 saturated carbocycles. The van der Waals surface area contributed by atoms with Crippen molar-refractivity contribution in [2.45, 2.75) is 35.9 Å². The smallest absolute Gasteiger partial charge is 0.416 e. The van der Waals surface area contributed by atoms with E-state index in [0.29, 0.717) is 17.7 Å². The Morgan fingerprint density at radius 1 is 1.20 bits per heavy atom. The molecule has 2 aromatic carbocycles. The number of likely N-dealkylation sites (N-methyl/N-ethyl adjacent to an activating group) is 1. The highest BCUT2D eigenvalue weighted by molar-refractivity contribution is 7.89. The minimum Gasteiger partial charge on any atom is -0.492 e. The lowest BCUT2D eigenvalue weighted by Crippen LogP contribution is -2.30. The van der Waals surface area contributed by atoms with Gasteiger partial charge in [-0.1, -0.05) is 24.3 Å². The fourth-order valence-corrected chi connectivity index (χ4v) is 5.44. The summed E-state index contributed by atoms with van der Waals surface area (Å²) in [4.78, 5) is 0.0769. The van der Waals surface area contributed by atoms with Crippen LogP contribution in [0.15, 0.2) is 59.8 Å². The Bertz CT molecular complexity index is 1290. The molecule has 35 heavy (non-hydrogen) atoms. The summed E-state index contributed by atoms with van der Waals surface area (Å²) < 4.78 is 73.7. The lowest BCUT2D eigenvalue weighted by Gasteiger charge is -2.21. The maximum absolute atomic E-state index is 13.2. The van der Waals surface area contributed by atoms with Crippen molar-refractivity contribution < 1.29 is 26.3 Å². The molecule has 1 aliphatic rings. The van der Waals surface area contributed by atoms with E-state index in [1.807, 2.05) is 25.2 Å². The van der Waals surface area contributed by atoms with Crippen LogP contribution in [0.4, 0.5) is 13.2 Å². The minimum atomic E-state index is -4.38. The van der Waals surface area contributed by atoms with Crippen LogP contribution in [0, 0.1) is 0 Å². The summed E-state index contributed by atoms with van der Waals surface area (Å²) in [5.74, 6) is 0.557. The fourth-order valence-electron chi connectivity index (χ4n) is 4.44. The predicted octanol–water partition coefficient (Wildman–Crippen LogP) is 3.27. The van der Waals surface area contributed by atoms with Gasteiger partial charge in [0.1, 0.15) is 17.3 Å². The minimum absolute atomic E-state index is 0.0221. The molecule has 2 N–H and O–H groups in total. The molecule has 1 heterocycles. The average molecular weight is 509 g/mol. The van der Waals surface area contributed by atoms with Gasteiger partial charge in [0.15, 0.2) is 0 Å². The van der Waals surface area contributed by atoms with Gasteiger partial charge < -0.3 is 10.1 Å². The molecule has 2 unspecified atom stereocenters. The summed E-state index contributed by atoms with van der Waals surface area (Å²) in [6.45, 7) is 0.188. The number of ether oxygens (including phenoxy) is 1. The van der Waals surface area contributed by atoms with Crippen molar-refractivity contribution in [2.24, 2.45) is 7.05 Å². The van der Waals surface area contributed by atoms with Crippen LogP contribution in [0.1, 0.15) is 28.2 Å². The Kier molecular flexibility index (Phi) is 7.20. The van der Waals surface area contributed by atoms with Gasteiger partial charge in [-0.2, -0.15) is 18.3 Å². The van der Waals surface area contributed by atoms with Crippen molar-refractivity contribution in [1.29, 1.82) is 0 Å². The van der Waals surface area contributed by atoms with Gasteiger partial charge in [-0.25, -0.2) is 13.1 Å². The number of sulfonamides is 1. The lowest BCUT2D eigenvalue weighted by atomic mass is 9.90. The molecule has 4 rings (SSSR count). The molecule has 2 atom stereocenters. The van der Waals surface area contributed by atoms with Crippen molar-refractivity contribution in [3.05, 3.63) is 77.1 Å². The summed E-state index contributed by atoms with van der Waals surface area (Å²) in [5.41, 5.74) is 2.11. The van der Waals surface area contributed by atoms with Crippen molar-refractivity contribution >= 4 is 10.0 Å². The summed E-state index contributed by atoms with van der Waals surface area (Å²) in [7, 11) is -0.191. The molecule has 7 nitrogen and oxygen atoms in total. The van der Waals surface area contributed by atoms with Crippen molar-refractivity contribution in [3.63, 3.8) is 0 Å². The average Bonchev–Trinajstić information content (AvgIpc) is 3.40. The van der Waals surface area contributed by atoms with Gasteiger partial charge in [0.2, 0.25) is 10.0 Å². The molecule has 0 fully saturated rings. The topological polar surface area (TPSA) is 85.2 Å². The number of aromatic nitrogens is 2. The number of halogens is 3. The molecular weight excluding hydrogens is 481 g/mol. The number of nitrogens with zero attached hydrogens (tertiary/aromatic N) is 2. The van der Waals surface area contributed by atoms with Crippen molar-refractivity contribution in [3.8, 4) is 5.75 Å². The highest BCUT2D eigenvalue weighted by atomic mass is 32.2. The first-order valence-corrected chi connectivity index (χ1v) is 12.6. The normalized spacial score (nSPS) is 18.0. The summed E-state index contributed by atoms with van der Waals surface area (Å²) >= 11 is 0. The Hall–Kier alpha value is -2.89. The molecule has 188 valence electrons. The molecular formula is C24H27F3N4O3S. The number of fused-ring (bicyclic) bond motifs is 1. The van der Waals surface area contributed by atoms with E-state index in [-0.39, 0.29) is 30.0 Å². The van der Waals surface area contributed by atoms with Gasteiger partial charge in [-0.3, -0.25) is 4.68 Å². The van der Waals surface area contributed by atoms with Crippen molar-refractivity contribution in [1.82, 2.24) is 19.8 Å². The van der Waals surface area contributed by atoms with Crippen LogP contribution in [-0.4, -0.2) is 44.4 Å². The van der Waals surface area contributed by atoms with Gasteiger partial charge in [-0.05, 0) is 54.8 Å². The number of hydrogen-bond donors (Lipinski definition) is 2. The third kappa shape index (κ3) is 5.85. The number of aryl methyl sites for hydroxylation is 1. The van der Waals surface area contributed by atoms with E-state index in [4.69, 9.17) is 4.74 Å². The molecule has 0 spiro atoms. The first-order valence-electron chi connectivity index (χ1n) is 11.1. The molecule has 0 radical (unpaired) electrons. The Morgan fingerprint density at radius 3 is 2.69 bits per heavy atom. The highest BCUT2D eigenvalue weighted by Crippen LogP contribution is 2.39. The largest absolute Gasteiger partial charge is 0.492 e. The molecule has 3 aromatic rings. The molecule has 1 aromatic heterocycles. The first-order chi connectivity index (χ1) is 16.6. The second-order valence-electron chi connectivity index (χ2n) is 8.56. The van der Waals surface area contributed by atoms with Crippen LogP contribution >= 0.6 is 0 Å². The third-order valence-electron chi connectivity index (χ3n) is 6.18. The third-order valence-corrected chi connectivity index (χ3v) is 7.59. The van der Waals surface area contributed by atoms with Crippen LogP contribution in [-0.2, 0) is 36.1 Å². The van der Waals surface area contributed by atoms with E-state index in [2.05, 4.69) is 15.1 Å². The predicted molar refractivity (Wildman–Crippen MR) is 125 cm³/mol. The SMILES string of the molecule is CNC1Cc2ccc(OCCNS(=O)(=O)c3cnn(C)c3)cc2C1Cc1cccc(C(F)(F)F)c1. The number of hydrogen-bond acceptors (Lipinski definition) is 5. The van der Waals surface area contributed by atoms with Crippen LogP contribution < -0.4 is 14.8 Å². The van der Waals surface area contributed by atoms with E-state index in [1.54, 1.807) is 13.1 Å². The number of benzene rings is 2. The zero-order chi connectivity index (χ0) is 25.2. The van der Waals surface area contributed by atoms with Gasteiger partial charge >= 0.3 is 6.18 Å². The van der Waals surface area contributed by atoms with Crippen LogP contribution in [0.25, 0.3) is 0 Å². The first kappa shape index (κ1) is 25.2. The second kappa shape index (κ2) is 10.00. The molecule has 11 heteroatoms. The molecule has 0 bridgehead atoms. The Labute approximate surface area is 202 Å². The fraction of sp³-hybridized carbons (Fsp3) is 0.375. The number of nitrogens with one attached hydrogen (secondary N) is 2. The summed E-state index contributed by atoms with van der Waals surface area (Å²) in [6, 6.07) is 11.2. The Morgan fingerprint density at radius 2 is 2.00 bits per heavy atom. The van der Waals surface area contributed by atoms with E-state index in [1.165, 1.54) is 29.2 Å². The highest BCUT2D eigenvalue weighted by Gasteiger charge is 2.34. The molecule has 0 aliphatic heterocycles. The quantitative estimate of drug-likeness (QED) is 0.434. The summed E-state index contributed by atoms with van der Waals surface area (Å²) in [5, 5.41) is 7.15. The zero-order valence-electron chi connectivity index (χ0n) is 19.3. The van der Waals surface area contributed by atoms with E-state index in [0.717, 1.165) is 23.6 Å². The monoisotopic (exact) mass is 508 g/mol. The zero-order valence-corrected chi connectivity index (χ0v) is 20.2. The van der Waals surface area contributed by atoms with Crippen molar-refractivity contribution in [2.75, 3.05) is 20.2 Å². The number of rotatable bonds is 9. The molecule has 1 aliphatic carbocycles. The molecule has 0 saturated heterocycles. The maximum atomic E-state index is 13.2. The lowest BCUT2D eigenvalue weighted by molar-refractivity contribution is -0.137. The van der Waals surface area contributed by atoms with Crippen LogP contribution in [0.5, 0.6) is 5.75 Å². The van der Waals surface area contributed by atoms with E-state index < -0.39 is 21.8 Å². The Balaban J connectivity index is 1.43. The van der Waals surface area contributed by atoms with Gasteiger partial charge in [0.25, 0.3) is 0 Å². The van der Waals surface area contributed by atoms with E-state index in [9.17, 15) is 21.6 Å². The van der Waals surface area contributed by atoms with E-state index >= 15 is 0 Å². The second-order valence-corrected chi connectivity index (χ2v) is 10.3. The summed E-state index contributed by atoms with van der Waals surface area (Å²) in [6.07, 6.45) is -0.484. The van der Waals surface area contributed by atoms with Gasteiger partial charge in [0.05, 0.1) is 11.8 Å². The maximum Gasteiger partial charge on any atom is 0.416 e. The van der Waals surface area contributed by atoms with Gasteiger partial charge in [0, 0.05) is 31.7 Å². The van der Waals surface area contributed by atoms with Gasteiger partial charge in [-0.15, -0.1) is 0 Å². The molecule has 0 amide bonds.